The number of nitrogens with zero attached hydrogens (tertiary/aromatic N) is 1. The van der Waals surface area contributed by atoms with E-state index in [0.717, 1.165) is 23.3 Å². The van der Waals surface area contributed by atoms with Gasteiger partial charge in [-0.25, -0.2) is 0 Å². The number of ether oxygens (including phenoxy) is 2. The normalized spacial score (nSPS) is 14.7. The first-order chi connectivity index (χ1) is 14.5. The maximum absolute atomic E-state index is 12.9. The minimum Gasteiger partial charge on any atom is -0.492 e. The van der Waals surface area contributed by atoms with Gasteiger partial charge in [0.2, 0.25) is 0 Å². The van der Waals surface area contributed by atoms with Gasteiger partial charge in [0.05, 0.1) is 18.8 Å². The van der Waals surface area contributed by atoms with Gasteiger partial charge in [-0.15, -0.1) is 0 Å². The fourth-order valence-corrected chi connectivity index (χ4v) is 3.62. The molecule has 0 saturated carbocycles. The summed E-state index contributed by atoms with van der Waals surface area (Å²) in [4.78, 5) is 25.8. The fourth-order valence-electron chi connectivity index (χ4n) is 3.62. The standard InChI is InChI=1S/C24H24N2O4/c1-3-29-22-13-18-12-16(2)30-21(18)14-20(22)25-23(27)19-10-7-11-26(24(19)28)15-17-8-5-4-6-9-17/h4-11,13-14,16H,3,12,15H2,1-2H3,(H,25,27). The Morgan fingerprint density at radius 2 is 2.00 bits per heavy atom. The molecular weight excluding hydrogens is 380 g/mol. The minimum absolute atomic E-state index is 0.0747. The van der Waals surface area contributed by atoms with Crippen LogP contribution in [0.5, 0.6) is 11.5 Å². The van der Waals surface area contributed by atoms with Crippen LogP contribution in [0.1, 0.15) is 35.3 Å². The Hall–Kier alpha value is -3.54. The summed E-state index contributed by atoms with van der Waals surface area (Å²) in [6.07, 6.45) is 2.56. The van der Waals surface area contributed by atoms with Gasteiger partial charge in [0, 0.05) is 24.2 Å². The summed E-state index contributed by atoms with van der Waals surface area (Å²) in [5, 5.41) is 2.83. The molecule has 1 aromatic heterocycles. The maximum atomic E-state index is 12.9. The summed E-state index contributed by atoms with van der Waals surface area (Å²) >= 11 is 0. The van der Waals surface area contributed by atoms with Crippen molar-refractivity contribution >= 4 is 11.6 Å². The molecule has 1 aliphatic rings. The second-order valence-electron chi connectivity index (χ2n) is 7.32. The number of fused-ring (bicyclic) bond motifs is 1. The fraction of sp³-hybridized carbons (Fsp3) is 0.250. The molecular formula is C24H24N2O4. The molecule has 154 valence electrons. The zero-order valence-electron chi connectivity index (χ0n) is 17.1. The number of anilines is 1. The van der Waals surface area contributed by atoms with Crippen LogP contribution in [0.15, 0.2) is 65.6 Å². The monoisotopic (exact) mass is 404 g/mol. The Bertz CT molecular complexity index is 1120. The van der Waals surface area contributed by atoms with Gasteiger partial charge >= 0.3 is 0 Å². The van der Waals surface area contributed by atoms with E-state index in [1.165, 1.54) is 10.6 Å². The van der Waals surface area contributed by atoms with Gasteiger partial charge in [0.25, 0.3) is 11.5 Å². The molecule has 0 saturated heterocycles. The van der Waals surface area contributed by atoms with Crippen LogP contribution in [0.25, 0.3) is 0 Å². The van der Waals surface area contributed by atoms with Crippen molar-refractivity contribution in [1.82, 2.24) is 4.57 Å². The van der Waals surface area contributed by atoms with E-state index in [1.807, 2.05) is 50.2 Å². The Morgan fingerprint density at radius 1 is 1.20 bits per heavy atom. The molecule has 6 nitrogen and oxygen atoms in total. The number of hydrogen-bond acceptors (Lipinski definition) is 4. The molecule has 3 aromatic rings. The molecule has 0 bridgehead atoms. The SMILES string of the molecule is CCOc1cc2c(cc1NC(=O)c1cccn(Cc3ccccc3)c1=O)OC(C)C2. The van der Waals surface area contributed by atoms with E-state index in [4.69, 9.17) is 9.47 Å². The van der Waals surface area contributed by atoms with E-state index in [9.17, 15) is 9.59 Å². The van der Waals surface area contributed by atoms with Crippen LogP contribution in [0.2, 0.25) is 0 Å². The Kier molecular flexibility index (Phi) is 5.57. The first-order valence-corrected chi connectivity index (χ1v) is 10.1. The zero-order chi connectivity index (χ0) is 21.1. The first-order valence-electron chi connectivity index (χ1n) is 10.1. The van der Waals surface area contributed by atoms with Crippen molar-refractivity contribution in [3.63, 3.8) is 0 Å². The maximum Gasteiger partial charge on any atom is 0.263 e. The van der Waals surface area contributed by atoms with Gasteiger partial charge in [-0.2, -0.15) is 0 Å². The molecule has 1 amide bonds. The molecule has 1 unspecified atom stereocenters. The molecule has 1 aliphatic heterocycles. The molecule has 4 rings (SSSR count). The molecule has 0 fully saturated rings. The second-order valence-corrected chi connectivity index (χ2v) is 7.32. The van der Waals surface area contributed by atoms with Crippen molar-refractivity contribution in [2.75, 3.05) is 11.9 Å². The average Bonchev–Trinajstić information content (AvgIpc) is 3.09. The number of hydrogen-bond donors (Lipinski definition) is 1. The lowest BCUT2D eigenvalue weighted by molar-refractivity contribution is 0.102. The van der Waals surface area contributed by atoms with Gasteiger partial charge in [-0.1, -0.05) is 30.3 Å². The lowest BCUT2D eigenvalue weighted by atomic mass is 10.1. The van der Waals surface area contributed by atoms with E-state index >= 15 is 0 Å². The van der Waals surface area contributed by atoms with Crippen molar-refractivity contribution in [2.24, 2.45) is 0 Å². The molecule has 0 spiro atoms. The number of rotatable bonds is 6. The van der Waals surface area contributed by atoms with E-state index < -0.39 is 5.91 Å². The zero-order valence-corrected chi connectivity index (χ0v) is 17.1. The minimum atomic E-state index is -0.477. The highest BCUT2D eigenvalue weighted by Crippen LogP contribution is 2.38. The van der Waals surface area contributed by atoms with Crippen LogP contribution >= 0.6 is 0 Å². The highest BCUT2D eigenvalue weighted by atomic mass is 16.5. The Balaban J connectivity index is 1.61. The summed E-state index contributed by atoms with van der Waals surface area (Å²) in [5.74, 6) is 0.827. The summed E-state index contributed by atoms with van der Waals surface area (Å²) in [6, 6.07) is 16.6. The van der Waals surface area contributed by atoms with Gasteiger partial charge in [0.1, 0.15) is 23.2 Å². The predicted octanol–water partition coefficient (Wildman–Crippen LogP) is 3.87. The molecule has 2 heterocycles. The molecule has 2 aromatic carbocycles. The highest BCUT2D eigenvalue weighted by molar-refractivity contribution is 6.05. The van der Waals surface area contributed by atoms with Crippen LogP contribution in [0.4, 0.5) is 5.69 Å². The number of aromatic nitrogens is 1. The molecule has 1 N–H and O–H groups in total. The number of nitrogens with one attached hydrogen (secondary N) is 1. The van der Waals surface area contributed by atoms with E-state index in [2.05, 4.69) is 5.32 Å². The number of carbonyl (C=O) groups excluding carboxylic acids is 1. The van der Waals surface area contributed by atoms with E-state index in [1.54, 1.807) is 18.3 Å². The third kappa shape index (κ3) is 4.08. The number of amides is 1. The third-order valence-electron chi connectivity index (χ3n) is 5.01. The summed E-state index contributed by atoms with van der Waals surface area (Å²) in [5.41, 5.74) is 2.26. The van der Waals surface area contributed by atoms with Crippen molar-refractivity contribution < 1.29 is 14.3 Å². The van der Waals surface area contributed by atoms with Crippen LogP contribution < -0.4 is 20.3 Å². The van der Waals surface area contributed by atoms with Crippen molar-refractivity contribution in [3.05, 3.63) is 87.8 Å². The lowest BCUT2D eigenvalue weighted by Crippen LogP contribution is -2.29. The number of pyridine rings is 1. The van der Waals surface area contributed by atoms with Crippen LogP contribution in [-0.4, -0.2) is 23.2 Å². The molecule has 6 heteroatoms. The van der Waals surface area contributed by atoms with Crippen LogP contribution in [0, 0.1) is 0 Å². The van der Waals surface area contributed by atoms with Gasteiger partial charge in [0.15, 0.2) is 0 Å². The van der Waals surface area contributed by atoms with Crippen LogP contribution in [-0.2, 0) is 13.0 Å². The van der Waals surface area contributed by atoms with Crippen LogP contribution in [0.3, 0.4) is 0 Å². The topological polar surface area (TPSA) is 69.6 Å². The van der Waals surface area contributed by atoms with E-state index in [0.29, 0.717) is 24.6 Å². The Labute approximate surface area is 175 Å². The average molecular weight is 404 g/mol. The number of benzene rings is 2. The molecule has 30 heavy (non-hydrogen) atoms. The summed E-state index contributed by atoms with van der Waals surface area (Å²) in [7, 11) is 0. The largest absolute Gasteiger partial charge is 0.492 e. The molecule has 0 radical (unpaired) electrons. The third-order valence-corrected chi connectivity index (χ3v) is 5.01. The molecule has 1 atom stereocenters. The smallest absolute Gasteiger partial charge is 0.263 e. The van der Waals surface area contributed by atoms with Crippen molar-refractivity contribution in [3.8, 4) is 11.5 Å². The quantitative estimate of drug-likeness (QED) is 0.677. The van der Waals surface area contributed by atoms with Gasteiger partial charge in [-0.3, -0.25) is 9.59 Å². The van der Waals surface area contributed by atoms with E-state index in [-0.39, 0.29) is 17.2 Å². The predicted molar refractivity (Wildman–Crippen MR) is 116 cm³/mol. The van der Waals surface area contributed by atoms with Gasteiger partial charge < -0.3 is 19.4 Å². The number of carbonyl (C=O) groups is 1. The highest BCUT2D eigenvalue weighted by Gasteiger charge is 2.23. The summed E-state index contributed by atoms with van der Waals surface area (Å²) in [6.45, 7) is 4.75. The first kappa shape index (κ1) is 19.8. The lowest BCUT2D eigenvalue weighted by Gasteiger charge is -2.14. The van der Waals surface area contributed by atoms with Gasteiger partial charge in [-0.05, 0) is 37.6 Å². The van der Waals surface area contributed by atoms with Crippen molar-refractivity contribution in [1.29, 1.82) is 0 Å². The second kappa shape index (κ2) is 8.45. The molecule has 0 aliphatic carbocycles. The summed E-state index contributed by atoms with van der Waals surface area (Å²) < 4.78 is 13.0. The Morgan fingerprint density at radius 3 is 2.77 bits per heavy atom. The van der Waals surface area contributed by atoms with Crippen molar-refractivity contribution in [2.45, 2.75) is 32.9 Å².